The van der Waals surface area contributed by atoms with Gasteiger partial charge in [-0.2, -0.15) is 0 Å². The van der Waals surface area contributed by atoms with Crippen LogP contribution in [0.25, 0.3) is 16.7 Å². The van der Waals surface area contributed by atoms with Crippen LogP contribution in [0, 0.1) is 0 Å². The van der Waals surface area contributed by atoms with Crippen LogP contribution in [0.4, 0.5) is 0 Å². The zero-order chi connectivity index (χ0) is 19.9. The highest BCUT2D eigenvalue weighted by atomic mass is 35.5. The van der Waals surface area contributed by atoms with E-state index in [-0.39, 0.29) is 23.3 Å². The van der Waals surface area contributed by atoms with Gasteiger partial charge < -0.3 is 15.2 Å². The van der Waals surface area contributed by atoms with Crippen molar-refractivity contribution in [2.45, 2.75) is 37.3 Å². The van der Waals surface area contributed by atoms with Crippen LogP contribution in [0.3, 0.4) is 0 Å². The zero-order valence-corrected chi connectivity index (χ0v) is 17.0. The Labute approximate surface area is 174 Å². The fraction of sp³-hybridized carbons (Fsp3) is 0.318. The van der Waals surface area contributed by atoms with Gasteiger partial charge in [-0.3, -0.25) is 4.79 Å². The Balaban J connectivity index is 1.74. The van der Waals surface area contributed by atoms with Gasteiger partial charge in [0.15, 0.2) is 0 Å². The second kappa shape index (κ2) is 7.43. The number of hydrogen-bond donors (Lipinski definition) is 2. The van der Waals surface area contributed by atoms with Crippen LogP contribution in [-0.4, -0.2) is 29.8 Å². The highest BCUT2D eigenvalue weighted by Gasteiger charge is 2.48. The molecule has 1 heterocycles. The fourth-order valence-electron chi connectivity index (χ4n) is 4.16. The summed E-state index contributed by atoms with van der Waals surface area (Å²) in [6.07, 6.45) is 3.01. The molecule has 4 rings (SSSR count). The molecular weight excluding hydrogens is 397 g/mol. The number of methoxy groups -OCH3 is 1. The normalized spacial score (nSPS) is 24.7. The first-order valence-corrected chi connectivity index (χ1v) is 10.0. The lowest BCUT2D eigenvalue weighted by Gasteiger charge is -2.36. The molecule has 0 radical (unpaired) electrons. The monoisotopic (exact) mass is 417 g/mol. The number of aliphatic hydroxyl groups excluding tert-OH is 1. The number of nitrogens with one attached hydrogen (secondary N) is 1. The molecule has 1 spiro atoms. The van der Waals surface area contributed by atoms with Crippen molar-refractivity contribution in [2.24, 2.45) is 0 Å². The number of halogens is 2. The number of carbonyl (C=O) groups excluding carboxylic acids is 1. The molecule has 28 heavy (non-hydrogen) atoms. The minimum Gasteiger partial charge on any atom is -0.509 e. The molecule has 2 aliphatic rings. The molecule has 146 valence electrons. The molecule has 0 aromatic heterocycles. The van der Waals surface area contributed by atoms with Crippen molar-refractivity contribution in [3.8, 4) is 11.1 Å². The zero-order valence-electron chi connectivity index (χ0n) is 15.5. The summed E-state index contributed by atoms with van der Waals surface area (Å²) in [6.45, 7) is 0. The third kappa shape index (κ3) is 3.30. The summed E-state index contributed by atoms with van der Waals surface area (Å²) in [5.41, 5.74) is 1.93. The topological polar surface area (TPSA) is 58.6 Å². The van der Waals surface area contributed by atoms with E-state index in [0.717, 1.165) is 24.0 Å². The first-order chi connectivity index (χ1) is 13.4. The van der Waals surface area contributed by atoms with Crippen LogP contribution in [0.2, 0.25) is 10.0 Å². The van der Waals surface area contributed by atoms with E-state index in [0.29, 0.717) is 28.5 Å². The van der Waals surface area contributed by atoms with Crippen LogP contribution >= 0.6 is 23.2 Å². The van der Waals surface area contributed by atoms with Gasteiger partial charge in [-0.15, -0.1) is 0 Å². The molecule has 1 amide bonds. The van der Waals surface area contributed by atoms with Crippen LogP contribution in [0.15, 0.2) is 48.2 Å². The molecule has 1 fully saturated rings. The average Bonchev–Trinajstić information content (AvgIpc) is 2.93. The van der Waals surface area contributed by atoms with E-state index in [1.54, 1.807) is 13.2 Å². The van der Waals surface area contributed by atoms with Crippen LogP contribution in [-0.2, 0) is 9.53 Å². The van der Waals surface area contributed by atoms with Gasteiger partial charge in [0, 0.05) is 22.7 Å². The Hall–Kier alpha value is -2.01. The molecule has 2 N–H and O–H groups in total. The van der Waals surface area contributed by atoms with Gasteiger partial charge in [-0.25, -0.2) is 0 Å². The minimum atomic E-state index is -0.721. The predicted octanol–water partition coefficient (Wildman–Crippen LogP) is 5.39. The number of aliphatic hydroxyl groups is 1. The van der Waals surface area contributed by atoms with Crippen molar-refractivity contribution in [1.29, 1.82) is 0 Å². The average molecular weight is 418 g/mol. The lowest BCUT2D eigenvalue weighted by molar-refractivity contribution is -0.116. The SMILES string of the molecule is COC1CCC2(CC1)NC(=O)C(c1cc(-c3ccc(Cl)cc3)ccc1Cl)=C2O. The molecular formula is C22H21Cl2NO3. The molecule has 6 heteroatoms. The van der Waals surface area contributed by atoms with Gasteiger partial charge in [0.05, 0.1) is 17.2 Å². The van der Waals surface area contributed by atoms with Gasteiger partial charge >= 0.3 is 0 Å². The van der Waals surface area contributed by atoms with Gasteiger partial charge in [-0.1, -0.05) is 41.4 Å². The number of rotatable bonds is 3. The third-order valence-corrected chi connectivity index (χ3v) is 6.38. The maximum atomic E-state index is 12.8. The van der Waals surface area contributed by atoms with Crippen LogP contribution < -0.4 is 5.32 Å². The molecule has 0 atom stereocenters. The highest BCUT2D eigenvalue weighted by Crippen LogP contribution is 2.43. The number of amides is 1. The van der Waals surface area contributed by atoms with Crippen molar-refractivity contribution in [2.75, 3.05) is 7.11 Å². The Morgan fingerprint density at radius 2 is 1.71 bits per heavy atom. The Morgan fingerprint density at radius 1 is 1.07 bits per heavy atom. The number of ether oxygens (including phenoxy) is 1. The largest absolute Gasteiger partial charge is 0.509 e. The predicted molar refractivity (Wildman–Crippen MR) is 112 cm³/mol. The third-order valence-electron chi connectivity index (χ3n) is 5.80. The van der Waals surface area contributed by atoms with Crippen LogP contribution in [0.5, 0.6) is 0 Å². The summed E-state index contributed by atoms with van der Waals surface area (Å²) in [5.74, 6) is -0.203. The molecule has 1 aliphatic heterocycles. The van der Waals surface area contributed by atoms with E-state index in [9.17, 15) is 9.90 Å². The van der Waals surface area contributed by atoms with Gasteiger partial charge in [0.1, 0.15) is 5.76 Å². The molecule has 2 aromatic carbocycles. The van der Waals surface area contributed by atoms with Crippen molar-refractivity contribution >= 4 is 34.7 Å². The smallest absolute Gasteiger partial charge is 0.256 e. The summed E-state index contributed by atoms with van der Waals surface area (Å²) in [4.78, 5) is 12.8. The summed E-state index contributed by atoms with van der Waals surface area (Å²) >= 11 is 12.4. The molecule has 1 aliphatic carbocycles. The minimum absolute atomic E-state index is 0.0854. The molecule has 0 bridgehead atoms. The van der Waals surface area contributed by atoms with Gasteiger partial charge in [0.2, 0.25) is 0 Å². The van der Waals surface area contributed by atoms with Crippen molar-refractivity contribution in [1.82, 2.24) is 5.32 Å². The Morgan fingerprint density at radius 3 is 2.36 bits per heavy atom. The van der Waals surface area contributed by atoms with E-state index < -0.39 is 5.54 Å². The fourth-order valence-corrected chi connectivity index (χ4v) is 4.49. The second-order valence-corrected chi connectivity index (χ2v) is 8.24. The molecule has 0 unspecified atom stereocenters. The first-order valence-electron chi connectivity index (χ1n) is 9.28. The number of hydrogen-bond acceptors (Lipinski definition) is 3. The molecule has 2 aromatic rings. The molecule has 0 saturated heterocycles. The Bertz CT molecular complexity index is 945. The van der Waals surface area contributed by atoms with E-state index in [1.165, 1.54) is 0 Å². The van der Waals surface area contributed by atoms with Gasteiger partial charge in [0.25, 0.3) is 5.91 Å². The lowest BCUT2D eigenvalue weighted by atomic mass is 9.79. The molecule has 1 saturated carbocycles. The quantitative estimate of drug-likeness (QED) is 0.703. The van der Waals surface area contributed by atoms with Crippen molar-refractivity contribution in [3.05, 3.63) is 63.8 Å². The first kappa shape index (κ1) is 19.3. The standard InChI is InChI=1S/C22H21Cl2NO3/c1-28-16-8-10-22(11-9-16)20(26)19(21(27)25-22)17-12-14(4-7-18(17)24)13-2-5-15(23)6-3-13/h2-7,12,16,26H,8-11H2,1H3,(H,25,27). The lowest BCUT2D eigenvalue weighted by Crippen LogP contribution is -2.48. The van der Waals surface area contributed by atoms with Crippen molar-refractivity contribution in [3.63, 3.8) is 0 Å². The van der Waals surface area contributed by atoms with E-state index >= 15 is 0 Å². The summed E-state index contributed by atoms with van der Waals surface area (Å²) < 4.78 is 5.42. The second-order valence-electron chi connectivity index (χ2n) is 7.40. The highest BCUT2D eigenvalue weighted by molar-refractivity contribution is 6.36. The molecule has 4 nitrogen and oxygen atoms in total. The van der Waals surface area contributed by atoms with E-state index in [2.05, 4.69) is 5.32 Å². The summed E-state index contributed by atoms with van der Waals surface area (Å²) in [7, 11) is 1.69. The number of benzene rings is 2. The van der Waals surface area contributed by atoms with E-state index in [4.69, 9.17) is 27.9 Å². The summed E-state index contributed by atoms with van der Waals surface area (Å²) in [5, 5.41) is 15.1. The van der Waals surface area contributed by atoms with Crippen molar-refractivity contribution < 1.29 is 14.6 Å². The maximum Gasteiger partial charge on any atom is 0.256 e. The van der Waals surface area contributed by atoms with Gasteiger partial charge in [-0.05, 0) is 61.1 Å². The Kier molecular flexibility index (Phi) is 5.13. The van der Waals surface area contributed by atoms with Crippen LogP contribution in [0.1, 0.15) is 31.2 Å². The maximum absolute atomic E-state index is 12.8. The van der Waals surface area contributed by atoms with E-state index in [1.807, 2.05) is 36.4 Å². The number of carbonyl (C=O) groups is 1. The summed E-state index contributed by atoms with van der Waals surface area (Å²) in [6, 6.07) is 12.9.